The minimum atomic E-state index is -0.124. The van der Waals surface area contributed by atoms with Gasteiger partial charge in [-0.25, -0.2) is 0 Å². The number of rotatable bonds is 3. The van der Waals surface area contributed by atoms with Gasteiger partial charge >= 0.3 is 0 Å². The molecule has 0 bridgehead atoms. The van der Waals surface area contributed by atoms with E-state index in [1.807, 2.05) is 42.5 Å². The van der Waals surface area contributed by atoms with Crippen LogP contribution in [-0.2, 0) is 10.2 Å². The lowest BCUT2D eigenvalue weighted by Crippen LogP contribution is -2.10. The van der Waals surface area contributed by atoms with Gasteiger partial charge in [0.05, 0.1) is 0 Å². The molecular formula is C19H20INO. The summed E-state index contributed by atoms with van der Waals surface area (Å²) in [7, 11) is 0. The van der Waals surface area contributed by atoms with Crippen molar-refractivity contribution in [2.45, 2.75) is 26.2 Å². The third kappa shape index (κ3) is 4.98. The van der Waals surface area contributed by atoms with E-state index in [1.165, 1.54) is 5.56 Å². The predicted molar refractivity (Wildman–Crippen MR) is 102 cm³/mol. The van der Waals surface area contributed by atoms with Gasteiger partial charge in [0.1, 0.15) is 0 Å². The van der Waals surface area contributed by atoms with E-state index < -0.39 is 0 Å². The number of amides is 1. The average Bonchev–Trinajstić information content (AvgIpc) is 2.47. The summed E-state index contributed by atoms with van der Waals surface area (Å²) in [5, 5.41) is 2.85. The molecule has 2 aromatic rings. The Balaban J connectivity index is 1.99. The van der Waals surface area contributed by atoms with E-state index in [9.17, 15) is 4.79 Å². The van der Waals surface area contributed by atoms with E-state index in [4.69, 9.17) is 0 Å². The Kier molecular flexibility index (Phi) is 5.40. The van der Waals surface area contributed by atoms with Crippen LogP contribution in [0.25, 0.3) is 6.08 Å². The Morgan fingerprint density at radius 3 is 2.14 bits per heavy atom. The van der Waals surface area contributed by atoms with Gasteiger partial charge in [-0.1, -0.05) is 45.0 Å². The summed E-state index contributed by atoms with van der Waals surface area (Å²) in [4.78, 5) is 11.9. The number of hydrogen-bond acceptors (Lipinski definition) is 1. The fraction of sp³-hybridized carbons (Fsp3) is 0.211. The van der Waals surface area contributed by atoms with Crippen molar-refractivity contribution in [3.8, 4) is 0 Å². The first-order valence-electron chi connectivity index (χ1n) is 7.20. The average molecular weight is 405 g/mol. The zero-order chi connectivity index (χ0) is 16.2. The van der Waals surface area contributed by atoms with Crippen LogP contribution in [0.5, 0.6) is 0 Å². The quantitative estimate of drug-likeness (QED) is 0.549. The molecule has 2 aromatic carbocycles. The molecule has 0 radical (unpaired) electrons. The smallest absolute Gasteiger partial charge is 0.248 e. The first-order chi connectivity index (χ1) is 10.3. The zero-order valence-corrected chi connectivity index (χ0v) is 15.2. The molecule has 0 heterocycles. The minimum absolute atomic E-state index is 0.124. The topological polar surface area (TPSA) is 29.1 Å². The van der Waals surface area contributed by atoms with E-state index in [-0.39, 0.29) is 11.3 Å². The molecule has 0 aliphatic carbocycles. The van der Waals surface area contributed by atoms with Crippen molar-refractivity contribution < 1.29 is 4.79 Å². The van der Waals surface area contributed by atoms with Crippen LogP contribution in [0, 0.1) is 3.57 Å². The maximum absolute atomic E-state index is 11.9. The summed E-state index contributed by atoms with van der Waals surface area (Å²) in [6, 6.07) is 16.0. The van der Waals surface area contributed by atoms with E-state index >= 15 is 0 Å². The Morgan fingerprint density at radius 2 is 1.59 bits per heavy atom. The van der Waals surface area contributed by atoms with Crippen molar-refractivity contribution in [2.75, 3.05) is 5.32 Å². The van der Waals surface area contributed by atoms with Crippen LogP contribution in [0.2, 0.25) is 0 Å². The standard InChI is InChI=1S/C19H20INO/c1-19(2,3)15-7-4-14(5-8-15)6-13-18(22)21-17-11-9-16(20)10-12-17/h4-13H,1-3H3,(H,21,22)/b13-6+. The van der Waals surface area contributed by atoms with Gasteiger partial charge in [-0.05, 0) is 69.5 Å². The summed E-state index contributed by atoms with van der Waals surface area (Å²) in [5.74, 6) is -0.124. The molecule has 0 fully saturated rings. The molecule has 1 N–H and O–H groups in total. The minimum Gasteiger partial charge on any atom is -0.323 e. The Morgan fingerprint density at radius 1 is 1.00 bits per heavy atom. The van der Waals surface area contributed by atoms with Crippen LogP contribution >= 0.6 is 22.6 Å². The number of halogens is 1. The van der Waals surface area contributed by atoms with E-state index in [0.717, 1.165) is 14.8 Å². The van der Waals surface area contributed by atoms with Crippen LogP contribution in [0.1, 0.15) is 31.9 Å². The number of benzene rings is 2. The maximum atomic E-state index is 11.9. The van der Waals surface area contributed by atoms with Gasteiger partial charge in [0.25, 0.3) is 0 Å². The van der Waals surface area contributed by atoms with Crippen molar-refractivity contribution >= 4 is 40.3 Å². The van der Waals surface area contributed by atoms with Gasteiger partial charge in [-0.15, -0.1) is 0 Å². The van der Waals surface area contributed by atoms with Crippen molar-refractivity contribution in [2.24, 2.45) is 0 Å². The van der Waals surface area contributed by atoms with Crippen LogP contribution < -0.4 is 5.32 Å². The molecule has 0 aliphatic heterocycles. The number of anilines is 1. The van der Waals surface area contributed by atoms with Crippen LogP contribution in [0.3, 0.4) is 0 Å². The number of hydrogen-bond donors (Lipinski definition) is 1. The van der Waals surface area contributed by atoms with Gasteiger partial charge in [0.15, 0.2) is 0 Å². The summed E-state index contributed by atoms with van der Waals surface area (Å²) < 4.78 is 1.14. The molecule has 0 saturated carbocycles. The second-order valence-electron chi connectivity index (χ2n) is 6.20. The Bertz CT molecular complexity index is 664. The first kappa shape index (κ1) is 16.7. The first-order valence-corrected chi connectivity index (χ1v) is 8.28. The Hall–Kier alpha value is -1.62. The number of nitrogens with one attached hydrogen (secondary N) is 1. The van der Waals surface area contributed by atoms with Crippen LogP contribution in [0.4, 0.5) is 5.69 Å². The fourth-order valence-electron chi connectivity index (χ4n) is 1.98. The molecule has 2 rings (SSSR count). The lowest BCUT2D eigenvalue weighted by Gasteiger charge is -2.18. The van der Waals surface area contributed by atoms with Gasteiger partial charge in [0.2, 0.25) is 5.91 Å². The fourth-order valence-corrected chi connectivity index (χ4v) is 2.34. The number of carbonyl (C=O) groups excluding carboxylic acids is 1. The van der Waals surface area contributed by atoms with Gasteiger partial charge < -0.3 is 5.32 Å². The Labute approximate surface area is 145 Å². The second kappa shape index (κ2) is 7.09. The summed E-state index contributed by atoms with van der Waals surface area (Å²) in [6.45, 7) is 6.56. The SMILES string of the molecule is CC(C)(C)c1ccc(/C=C/C(=O)Nc2ccc(I)cc2)cc1. The lowest BCUT2D eigenvalue weighted by atomic mass is 9.87. The second-order valence-corrected chi connectivity index (χ2v) is 7.45. The van der Waals surface area contributed by atoms with Gasteiger partial charge in [-0.2, -0.15) is 0 Å². The van der Waals surface area contributed by atoms with Crippen LogP contribution in [0.15, 0.2) is 54.6 Å². The zero-order valence-electron chi connectivity index (χ0n) is 13.1. The molecule has 0 atom stereocenters. The highest BCUT2D eigenvalue weighted by Crippen LogP contribution is 2.22. The van der Waals surface area contributed by atoms with Crippen LogP contribution in [-0.4, -0.2) is 5.91 Å². The molecule has 0 aliphatic rings. The highest BCUT2D eigenvalue weighted by Gasteiger charge is 2.12. The largest absolute Gasteiger partial charge is 0.323 e. The normalized spacial score (nSPS) is 11.6. The van der Waals surface area contributed by atoms with Crippen molar-refractivity contribution in [3.63, 3.8) is 0 Å². The molecule has 3 heteroatoms. The lowest BCUT2D eigenvalue weighted by molar-refractivity contribution is -0.111. The van der Waals surface area contributed by atoms with Gasteiger partial charge in [0, 0.05) is 15.3 Å². The molecule has 0 spiro atoms. The van der Waals surface area contributed by atoms with Gasteiger partial charge in [-0.3, -0.25) is 4.79 Å². The maximum Gasteiger partial charge on any atom is 0.248 e. The summed E-state index contributed by atoms with van der Waals surface area (Å²) in [6.07, 6.45) is 3.39. The van der Waals surface area contributed by atoms with E-state index in [0.29, 0.717) is 0 Å². The van der Waals surface area contributed by atoms with E-state index in [1.54, 1.807) is 6.08 Å². The highest BCUT2D eigenvalue weighted by molar-refractivity contribution is 14.1. The molecule has 0 saturated heterocycles. The van der Waals surface area contributed by atoms with E-state index in [2.05, 4.69) is 60.8 Å². The predicted octanol–water partition coefficient (Wildman–Crippen LogP) is 5.24. The number of carbonyl (C=O) groups is 1. The van der Waals surface area contributed by atoms with Crippen molar-refractivity contribution in [1.29, 1.82) is 0 Å². The molecule has 2 nitrogen and oxygen atoms in total. The highest BCUT2D eigenvalue weighted by atomic mass is 127. The molecule has 22 heavy (non-hydrogen) atoms. The molecular weight excluding hydrogens is 385 g/mol. The molecule has 1 amide bonds. The third-order valence-corrected chi connectivity index (χ3v) is 4.03. The summed E-state index contributed by atoms with van der Waals surface area (Å²) in [5.41, 5.74) is 3.25. The molecule has 114 valence electrons. The monoisotopic (exact) mass is 405 g/mol. The van der Waals surface area contributed by atoms with Crippen molar-refractivity contribution in [3.05, 3.63) is 69.3 Å². The molecule has 0 unspecified atom stereocenters. The summed E-state index contributed by atoms with van der Waals surface area (Å²) >= 11 is 2.24. The third-order valence-electron chi connectivity index (χ3n) is 3.32. The molecule has 0 aromatic heterocycles. The van der Waals surface area contributed by atoms with Crippen molar-refractivity contribution in [1.82, 2.24) is 0 Å².